The van der Waals surface area contributed by atoms with Crippen molar-refractivity contribution in [3.05, 3.63) is 0 Å². The smallest absolute Gasteiger partial charge is 0.242 e. The molecule has 4 fully saturated rings. The number of rotatable bonds is 6. The lowest BCUT2D eigenvalue weighted by atomic mass is 9.91. The van der Waals surface area contributed by atoms with Crippen LogP contribution < -0.4 is 10.0 Å². The molecular weight excluding hydrogens is 380 g/mol. The molecule has 0 aromatic heterocycles. The van der Waals surface area contributed by atoms with Crippen molar-refractivity contribution in [2.24, 2.45) is 5.92 Å². The van der Waals surface area contributed by atoms with Crippen molar-refractivity contribution in [2.45, 2.75) is 75.5 Å². The monoisotopic (exact) mass is 412 g/mol. The minimum absolute atomic E-state index is 0.0377. The first-order chi connectivity index (χ1) is 13.3. The molecule has 9 heteroatoms. The van der Waals surface area contributed by atoms with Crippen molar-refractivity contribution in [1.82, 2.24) is 19.8 Å². The highest BCUT2D eigenvalue weighted by atomic mass is 32.2. The number of carbonyl (C=O) groups is 2. The SMILES string of the molecule is CS(=O)(=O)N[C@H]1C[C@H]2CN(C3CCCCC3)[C@@H](CNC(=O)C3CC3)C(=O)N2C1. The molecule has 2 saturated carbocycles. The normalized spacial score (nSPS) is 32.4. The Hall–Kier alpha value is -1.19. The molecule has 2 amide bonds. The highest BCUT2D eigenvalue weighted by Gasteiger charge is 2.47. The maximum absolute atomic E-state index is 13.3. The lowest BCUT2D eigenvalue weighted by molar-refractivity contribution is -0.146. The van der Waals surface area contributed by atoms with Gasteiger partial charge in [-0.25, -0.2) is 13.1 Å². The molecule has 4 rings (SSSR count). The number of sulfonamides is 1. The van der Waals surface area contributed by atoms with Gasteiger partial charge in [0, 0.05) is 43.7 Å². The number of fused-ring (bicyclic) bond motifs is 1. The van der Waals surface area contributed by atoms with Crippen molar-refractivity contribution >= 4 is 21.8 Å². The summed E-state index contributed by atoms with van der Waals surface area (Å²) >= 11 is 0. The van der Waals surface area contributed by atoms with Crippen LogP contribution in [0.15, 0.2) is 0 Å². The molecule has 8 nitrogen and oxygen atoms in total. The van der Waals surface area contributed by atoms with Gasteiger partial charge in [-0.15, -0.1) is 0 Å². The van der Waals surface area contributed by atoms with Gasteiger partial charge in [0.1, 0.15) is 6.04 Å². The predicted octanol–water partition coefficient (Wildman–Crippen LogP) is 0.0482. The third-order valence-electron chi connectivity index (χ3n) is 6.65. The van der Waals surface area contributed by atoms with E-state index in [4.69, 9.17) is 0 Å². The summed E-state index contributed by atoms with van der Waals surface area (Å²) in [5.74, 6) is 0.233. The molecule has 0 bridgehead atoms. The van der Waals surface area contributed by atoms with Crippen LogP contribution in [0.3, 0.4) is 0 Å². The Morgan fingerprint density at radius 2 is 1.79 bits per heavy atom. The van der Waals surface area contributed by atoms with Gasteiger partial charge in [-0.3, -0.25) is 14.5 Å². The molecule has 2 saturated heterocycles. The minimum atomic E-state index is -3.30. The van der Waals surface area contributed by atoms with Gasteiger partial charge in [-0.1, -0.05) is 19.3 Å². The van der Waals surface area contributed by atoms with E-state index in [9.17, 15) is 18.0 Å². The molecule has 3 atom stereocenters. The molecule has 0 spiro atoms. The molecule has 2 aliphatic carbocycles. The molecule has 0 unspecified atom stereocenters. The van der Waals surface area contributed by atoms with Gasteiger partial charge in [0.05, 0.1) is 6.26 Å². The van der Waals surface area contributed by atoms with E-state index in [1.807, 2.05) is 4.90 Å². The van der Waals surface area contributed by atoms with E-state index in [0.717, 1.165) is 38.5 Å². The van der Waals surface area contributed by atoms with Crippen molar-refractivity contribution < 1.29 is 18.0 Å². The summed E-state index contributed by atoms with van der Waals surface area (Å²) in [6.45, 7) is 1.54. The Morgan fingerprint density at radius 3 is 2.43 bits per heavy atom. The summed E-state index contributed by atoms with van der Waals surface area (Å²) in [5.41, 5.74) is 0. The molecule has 2 heterocycles. The van der Waals surface area contributed by atoms with Gasteiger partial charge >= 0.3 is 0 Å². The Kier molecular flexibility index (Phi) is 5.68. The third-order valence-corrected chi connectivity index (χ3v) is 7.41. The zero-order valence-electron chi connectivity index (χ0n) is 16.6. The van der Waals surface area contributed by atoms with Crippen LogP contribution in [0.1, 0.15) is 51.4 Å². The second-order valence-corrected chi connectivity index (χ2v) is 10.8. The third kappa shape index (κ3) is 4.52. The topological polar surface area (TPSA) is 98.8 Å². The largest absolute Gasteiger partial charge is 0.354 e. The average Bonchev–Trinajstić information content (AvgIpc) is 3.41. The first-order valence-corrected chi connectivity index (χ1v) is 12.5. The van der Waals surface area contributed by atoms with E-state index >= 15 is 0 Å². The van der Waals surface area contributed by atoms with Crippen LogP contribution in [-0.2, 0) is 19.6 Å². The number of hydrogen-bond acceptors (Lipinski definition) is 5. The molecule has 0 aromatic carbocycles. The van der Waals surface area contributed by atoms with Gasteiger partial charge in [0.2, 0.25) is 21.8 Å². The minimum Gasteiger partial charge on any atom is -0.354 e. The second kappa shape index (κ2) is 7.91. The fourth-order valence-corrected chi connectivity index (χ4v) is 5.94. The van der Waals surface area contributed by atoms with Crippen molar-refractivity contribution in [1.29, 1.82) is 0 Å². The van der Waals surface area contributed by atoms with E-state index in [1.54, 1.807) is 0 Å². The fraction of sp³-hybridized carbons (Fsp3) is 0.895. The van der Waals surface area contributed by atoms with Crippen LogP contribution in [0.4, 0.5) is 0 Å². The maximum atomic E-state index is 13.3. The number of nitrogens with zero attached hydrogens (tertiary/aromatic N) is 2. The highest BCUT2D eigenvalue weighted by Crippen LogP contribution is 2.32. The number of hydrogen-bond donors (Lipinski definition) is 2. The van der Waals surface area contributed by atoms with Gasteiger partial charge < -0.3 is 10.2 Å². The first kappa shape index (κ1) is 20.1. The Morgan fingerprint density at radius 1 is 1.07 bits per heavy atom. The fourth-order valence-electron chi connectivity index (χ4n) is 5.16. The van der Waals surface area contributed by atoms with Crippen molar-refractivity contribution in [3.63, 3.8) is 0 Å². The van der Waals surface area contributed by atoms with E-state index in [2.05, 4.69) is 14.9 Å². The van der Waals surface area contributed by atoms with Crippen LogP contribution in [-0.4, -0.2) is 80.1 Å². The van der Waals surface area contributed by atoms with Crippen LogP contribution in [0.25, 0.3) is 0 Å². The molecule has 158 valence electrons. The number of nitrogens with one attached hydrogen (secondary N) is 2. The molecule has 4 aliphatic rings. The van der Waals surface area contributed by atoms with Gasteiger partial charge in [-0.2, -0.15) is 0 Å². The maximum Gasteiger partial charge on any atom is 0.242 e. The van der Waals surface area contributed by atoms with E-state index in [0.29, 0.717) is 25.6 Å². The zero-order chi connectivity index (χ0) is 19.9. The summed E-state index contributed by atoms with van der Waals surface area (Å²) in [7, 11) is -3.30. The van der Waals surface area contributed by atoms with Crippen molar-refractivity contribution in [3.8, 4) is 0 Å². The van der Waals surface area contributed by atoms with E-state index in [-0.39, 0.29) is 35.9 Å². The standard InChI is InChI=1S/C19H32N4O4S/c1-28(26,27)21-14-9-16-12-22(15-5-3-2-4-6-15)17(19(25)23(16)11-14)10-20-18(24)13-7-8-13/h13-17,21H,2-12H2,1H3,(H,20,24)/t14-,16-,17-/m0/s1. The van der Waals surface area contributed by atoms with E-state index < -0.39 is 10.0 Å². The highest BCUT2D eigenvalue weighted by molar-refractivity contribution is 7.88. The quantitative estimate of drug-likeness (QED) is 0.642. The van der Waals surface area contributed by atoms with Crippen LogP contribution in [0, 0.1) is 5.92 Å². The van der Waals surface area contributed by atoms with Crippen LogP contribution >= 0.6 is 0 Å². The molecule has 0 aromatic rings. The predicted molar refractivity (Wildman–Crippen MR) is 105 cm³/mol. The molecule has 2 aliphatic heterocycles. The van der Waals surface area contributed by atoms with Crippen LogP contribution in [0.2, 0.25) is 0 Å². The van der Waals surface area contributed by atoms with Crippen LogP contribution in [0.5, 0.6) is 0 Å². The summed E-state index contributed by atoms with van der Waals surface area (Å²) in [6, 6.07) is -0.135. The lowest BCUT2D eigenvalue weighted by Gasteiger charge is -2.47. The van der Waals surface area contributed by atoms with Gasteiger partial charge in [0.25, 0.3) is 0 Å². The second-order valence-electron chi connectivity index (χ2n) is 8.99. The summed E-state index contributed by atoms with van der Waals surface area (Å²) in [6.07, 6.45) is 9.52. The van der Waals surface area contributed by atoms with Crippen molar-refractivity contribution in [2.75, 3.05) is 25.9 Å². The van der Waals surface area contributed by atoms with E-state index in [1.165, 1.54) is 19.3 Å². The lowest BCUT2D eigenvalue weighted by Crippen LogP contribution is -2.65. The number of amides is 2. The Labute approximate surface area is 167 Å². The molecule has 28 heavy (non-hydrogen) atoms. The average molecular weight is 413 g/mol. The van der Waals surface area contributed by atoms with Gasteiger partial charge in [-0.05, 0) is 32.1 Å². The van der Waals surface area contributed by atoms with Gasteiger partial charge in [0.15, 0.2) is 0 Å². The first-order valence-electron chi connectivity index (χ1n) is 10.6. The number of carbonyl (C=O) groups excluding carboxylic acids is 2. The number of piperazine rings is 1. The zero-order valence-corrected chi connectivity index (χ0v) is 17.4. The molecular formula is C19H32N4O4S. The summed E-state index contributed by atoms with van der Waals surface area (Å²) in [5, 5.41) is 3.00. The summed E-state index contributed by atoms with van der Waals surface area (Å²) < 4.78 is 25.9. The molecule has 2 N–H and O–H groups in total. The summed E-state index contributed by atoms with van der Waals surface area (Å²) in [4.78, 5) is 29.6. The Bertz CT molecular complexity index is 717. The molecule has 0 radical (unpaired) electrons. The Balaban J connectivity index is 1.48.